The Morgan fingerprint density at radius 2 is 2.22 bits per heavy atom. The third-order valence-corrected chi connectivity index (χ3v) is 3.81. The molecular formula is C14H20N4. The highest BCUT2D eigenvalue weighted by Gasteiger charge is 2.24. The van der Waals surface area contributed by atoms with Crippen molar-refractivity contribution in [1.82, 2.24) is 9.66 Å². The molecule has 18 heavy (non-hydrogen) atoms. The molecule has 0 amide bonds. The molecule has 3 rings (SSSR count). The number of hydrogen-bond donors (Lipinski definition) is 1. The van der Waals surface area contributed by atoms with E-state index in [0.717, 1.165) is 30.0 Å². The van der Waals surface area contributed by atoms with Gasteiger partial charge in [0.1, 0.15) is 0 Å². The van der Waals surface area contributed by atoms with Gasteiger partial charge in [0.15, 0.2) is 0 Å². The molecule has 0 bridgehead atoms. The van der Waals surface area contributed by atoms with Gasteiger partial charge in [-0.25, -0.2) is 9.66 Å². The smallest absolute Gasteiger partial charge is 0.220 e. The van der Waals surface area contributed by atoms with Crippen LogP contribution in [0.5, 0.6) is 0 Å². The average molecular weight is 244 g/mol. The molecule has 1 aliphatic heterocycles. The number of hydrogen-bond acceptors (Lipinski definition) is 3. The van der Waals surface area contributed by atoms with Crippen molar-refractivity contribution in [3.8, 4) is 0 Å². The minimum absolute atomic E-state index is 0.605. The van der Waals surface area contributed by atoms with Gasteiger partial charge in [-0.2, -0.15) is 0 Å². The van der Waals surface area contributed by atoms with Gasteiger partial charge in [0.25, 0.3) is 0 Å². The normalized spacial score (nSPS) is 19.8. The summed E-state index contributed by atoms with van der Waals surface area (Å²) in [6.45, 7) is 4.43. The average Bonchev–Trinajstić information content (AvgIpc) is 2.92. The summed E-state index contributed by atoms with van der Waals surface area (Å²) in [6, 6.07) is 8.15. The molecule has 1 aromatic heterocycles. The van der Waals surface area contributed by atoms with Crippen molar-refractivity contribution >= 4 is 17.0 Å². The summed E-state index contributed by atoms with van der Waals surface area (Å²) in [5, 5.41) is 2.34. The van der Waals surface area contributed by atoms with Crippen LogP contribution in [0.15, 0.2) is 24.3 Å². The second-order valence-corrected chi connectivity index (χ2v) is 5.13. The Labute approximate surface area is 107 Å². The van der Waals surface area contributed by atoms with Crippen LogP contribution >= 0.6 is 0 Å². The molecule has 1 aromatic carbocycles. The van der Waals surface area contributed by atoms with Crippen LogP contribution in [0.4, 0.5) is 5.95 Å². The van der Waals surface area contributed by atoms with E-state index in [0.29, 0.717) is 5.95 Å². The first-order valence-corrected chi connectivity index (χ1v) is 6.77. The summed E-state index contributed by atoms with van der Waals surface area (Å²) in [7, 11) is 0. The first kappa shape index (κ1) is 11.4. The van der Waals surface area contributed by atoms with Gasteiger partial charge in [0.2, 0.25) is 5.95 Å². The lowest BCUT2D eigenvalue weighted by Gasteiger charge is -2.21. The van der Waals surface area contributed by atoms with Gasteiger partial charge in [-0.3, -0.25) is 0 Å². The predicted molar refractivity (Wildman–Crippen MR) is 75.1 cm³/mol. The van der Waals surface area contributed by atoms with E-state index in [9.17, 15) is 0 Å². The molecule has 0 aliphatic carbocycles. The van der Waals surface area contributed by atoms with Gasteiger partial charge in [0.05, 0.1) is 11.0 Å². The van der Waals surface area contributed by atoms with E-state index in [1.807, 2.05) is 18.2 Å². The number of benzene rings is 1. The van der Waals surface area contributed by atoms with Crippen molar-refractivity contribution < 1.29 is 0 Å². The highest BCUT2D eigenvalue weighted by molar-refractivity contribution is 5.78. The molecule has 1 unspecified atom stereocenters. The number of nitrogens with zero attached hydrogens (tertiary/aromatic N) is 3. The molecule has 1 atom stereocenters. The number of fused-ring (bicyclic) bond motifs is 1. The highest BCUT2D eigenvalue weighted by atomic mass is 15.6. The van der Waals surface area contributed by atoms with E-state index in [4.69, 9.17) is 5.73 Å². The topological polar surface area (TPSA) is 47.1 Å². The summed E-state index contributed by atoms with van der Waals surface area (Å²) >= 11 is 0. The largest absolute Gasteiger partial charge is 0.368 e. The van der Waals surface area contributed by atoms with Crippen LogP contribution in [0.25, 0.3) is 11.0 Å². The molecule has 1 aliphatic rings. The van der Waals surface area contributed by atoms with Crippen LogP contribution < -0.4 is 10.7 Å². The maximum atomic E-state index is 6.06. The minimum atomic E-state index is 0.605. The van der Waals surface area contributed by atoms with Crippen molar-refractivity contribution in [2.45, 2.75) is 26.2 Å². The second kappa shape index (κ2) is 4.52. The van der Waals surface area contributed by atoms with Gasteiger partial charge in [-0.15, -0.1) is 0 Å². The van der Waals surface area contributed by atoms with Crippen LogP contribution in [0.2, 0.25) is 0 Å². The van der Waals surface area contributed by atoms with Crippen molar-refractivity contribution in [3.63, 3.8) is 0 Å². The standard InChI is InChI=1S/C14H20N4/c1-2-5-11-8-9-17(10-11)18-13-7-4-3-6-12(13)16-14(18)15/h3-4,6-7,11H,2,5,8-10H2,1H3,(H2,15,16). The van der Waals surface area contributed by atoms with Crippen molar-refractivity contribution in [2.75, 3.05) is 23.8 Å². The molecule has 1 saturated heterocycles. The Bertz CT molecular complexity index is 546. The third kappa shape index (κ3) is 1.82. The van der Waals surface area contributed by atoms with Gasteiger partial charge in [-0.1, -0.05) is 25.5 Å². The lowest BCUT2D eigenvalue weighted by molar-refractivity contribution is 0.520. The molecule has 0 spiro atoms. The molecular weight excluding hydrogens is 224 g/mol. The molecule has 2 heterocycles. The van der Waals surface area contributed by atoms with Gasteiger partial charge >= 0.3 is 0 Å². The van der Waals surface area contributed by atoms with E-state index in [-0.39, 0.29) is 0 Å². The molecule has 4 nitrogen and oxygen atoms in total. The Morgan fingerprint density at radius 3 is 3.06 bits per heavy atom. The van der Waals surface area contributed by atoms with E-state index in [1.165, 1.54) is 19.3 Å². The summed E-state index contributed by atoms with van der Waals surface area (Å²) < 4.78 is 2.09. The Morgan fingerprint density at radius 1 is 1.39 bits per heavy atom. The Kier molecular flexibility index (Phi) is 2.86. The summed E-state index contributed by atoms with van der Waals surface area (Å²) in [4.78, 5) is 4.43. The number of aromatic nitrogens is 2. The Hall–Kier alpha value is -1.71. The monoisotopic (exact) mass is 244 g/mol. The molecule has 0 radical (unpaired) electrons. The van der Waals surface area contributed by atoms with E-state index >= 15 is 0 Å². The summed E-state index contributed by atoms with van der Waals surface area (Å²) in [5.74, 6) is 1.41. The lowest BCUT2D eigenvalue weighted by Crippen LogP contribution is -2.33. The zero-order valence-electron chi connectivity index (χ0n) is 10.8. The van der Waals surface area contributed by atoms with Crippen molar-refractivity contribution in [2.24, 2.45) is 5.92 Å². The molecule has 96 valence electrons. The molecule has 1 fully saturated rings. The number of nitrogens with two attached hydrogens (primary N) is 1. The molecule has 2 N–H and O–H groups in total. The van der Waals surface area contributed by atoms with Gasteiger partial charge < -0.3 is 10.7 Å². The number of imidazole rings is 1. The molecule has 2 aromatic rings. The van der Waals surface area contributed by atoms with Gasteiger partial charge in [0, 0.05) is 13.1 Å². The first-order valence-electron chi connectivity index (χ1n) is 6.77. The fourth-order valence-electron chi connectivity index (χ4n) is 2.97. The maximum absolute atomic E-state index is 6.06. The Balaban J connectivity index is 1.93. The zero-order valence-corrected chi connectivity index (χ0v) is 10.8. The third-order valence-electron chi connectivity index (χ3n) is 3.81. The number of anilines is 1. The molecule has 4 heteroatoms. The number of para-hydroxylation sites is 2. The van der Waals surface area contributed by atoms with Crippen LogP contribution in [0, 0.1) is 5.92 Å². The maximum Gasteiger partial charge on any atom is 0.220 e. The van der Waals surface area contributed by atoms with Gasteiger partial charge in [-0.05, 0) is 30.9 Å². The van der Waals surface area contributed by atoms with Crippen molar-refractivity contribution in [3.05, 3.63) is 24.3 Å². The summed E-state index contributed by atoms with van der Waals surface area (Å²) in [6.07, 6.45) is 3.83. The first-order chi connectivity index (χ1) is 8.79. The number of nitrogen functional groups attached to an aromatic ring is 1. The van der Waals surface area contributed by atoms with Crippen LogP contribution in [-0.4, -0.2) is 22.7 Å². The van der Waals surface area contributed by atoms with Crippen molar-refractivity contribution in [1.29, 1.82) is 0 Å². The molecule has 0 saturated carbocycles. The quantitative estimate of drug-likeness (QED) is 0.901. The number of rotatable bonds is 3. The van der Waals surface area contributed by atoms with E-state index < -0.39 is 0 Å². The highest BCUT2D eigenvalue weighted by Crippen LogP contribution is 2.24. The van der Waals surface area contributed by atoms with Crippen LogP contribution in [-0.2, 0) is 0 Å². The van der Waals surface area contributed by atoms with E-state index in [2.05, 4.69) is 27.7 Å². The zero-order chi connectivity index (χ0) is 12.5. The predicted octanol–water partition coefficient (Wildman–Crippen LogP) is 2.38. The summed E-state index contributed by atoms with van der Waals surface area (Å²) in [5.41, 5.74) is 8.16. The fourth-order valence-corrected chi connectivity index (χ4v) is 2.97. The minimum Gasteiger partial charge on any atom is -0.368 e. The van der Waals surface area contributed by atoms with E-state index in [1.54, 1.807) is 0 Å². The lowest BCUT2D eigenvalue weighted by atomic mass is 10.0. The second-order valence-electron chi connectivity index (χ2n) is 5.13. The SMILES string of the molecule is CCCC1CCN(n2c(N)nc3ccccc32)C1. The van der Waals surface area contributed by atoms with Crippen LogP contribution in [0.3, 0.4) is 0 Å². The fraction of sp³-hybridized carbons (Fsp3) is 0.500. The van der Waals surface area contributed by atoms with Crippen LogP contribution in [0.1, 0.15) is 26.2 Å².